The van der Waals surface area contributed by atoms with Crippen LogP contribution in [0.3, 0.4) is 0 Å². The van der Waals surface area contributed by atoms with Crippen LogP contribution in [0, 0.1) is 0 Å². The van der Waals surface area contributed by atoms with Crippen molar-refractivity contribution in [3.8, 4) is 0 Å². The Kier molecular flexibility index (Phi) is 4.16. The van der Waals surface area contributed by atoms with E-state index in [-0.39, 0.29) is 5.84 Å². The van der Waals surface area contributed by atoms with Crippen LogP contribution in [0.1, 0.15) is 6.42 Å². The smallest absolute Gasteiger partial charge is 0.140 e. The predicted octanol–water partition coefficient (Wildman–Crippen LogP) is 1.96. The average molecular weight is 324 g/mol. The van der Waals surface area contributed by atoms with Crippen LogP contribution in [0.4, 0.5) is 5.69 Å². The third kappa shape index (κ3) is 3.11. The number of pyridine rings is 2. The third-order valence-corrected chi connectivity index (χ3v) is 3.20. The van der Waals surface area contributed by atoms with Gasteiger partial charge in [-0.2, -0.15) is 0 Å². The largest absolute Gasteiger partial charge is 0.409 e. The van der Waals surface area contributed by atoms with Crippen molar-refractivity contribution in [2.45, 2.75) is 6.42 Å². The molecule has 19 heavy (non-hydrogen) atoms. The second kappa shape index (κ2) is 5.83. The molecule has 0 aliphatic carbocycles. The van der Waals surface area contributed by atoms with Gasteiger partial charge in [-0.15, -0.1) is 0 Å². The number of aromatic nitrogens is 2. The van der Waals surface area contributed by atoms with Crippen LogP contribution in [0.25, 0.3) is 11.0 Å². The predicted molar refractivity (Wildman–Crippen MR) is 78.5 cm³/mol. The minimum atomic E-state index is 0.209. The number of nitrogens with zero attached hydrogens (tertiary/aromatic N) is 4. The number of hydrogen-bond donors (Lipinski definition) is 2. The van der Waals surface area contributed by atoms with E-state index in [1.165, 1.54) is 0 Å². The molecule has 7 heteroatoms. The van der Waals surface area contributed by atoms with E-state index in [0.29, 0.717) is 13.0 Å². The molecule has 0 aromatic carbocycles. The van der Waals surface area contributed by atoms with Crippen LogP contribution < -0.4 is 10.6 Å². The van der Waals surface area contributed by atoms with E-state index < -0.39 is 0 Å². The normalized spacial score (nSPS) is 11.8. The highest BCUT2D eigenvalue weighted by molar-refractivity contribution is 9.10. The standard InChI is InChI=1S/C12H14BrN5O/c1-18(5-3-11(14)17-19)10-2-4-15-9-6-8(13)7-16-12(9)10/h2,4,6-7,19H,3,5H2,1H3,(H2,14,17). The molecule has 0 unspecified atom stereocenters. The lowest BCUT2D eigenvalue weighted by atomic mass is 10.2. The molecule has 2 aromatic rings. The molecule has 100 valence electrons. The number of fused-ring (bicyclic) bond motifs is 1. The van der Waals surface area contributed by atoms with Crippen molar-refractivity contribution in [1.82, 2.24) is 9.97 Å². The Balaban J connectivity index is 2.29. The first-order valence-corrected chi connectivity index (χ1v) is 6.49. The Labute approximate surface area is 119 Å². The second-order valence-electron chi connectivity index (χ2n) is 4.11. The summed E-state index contributed by atoms with van der Waals surface area (Å²) in [7, 11) is 1.93. The molecule has 0 spiro atoms. The molecule has 2 rings (SSSR count). The maximum atomic E-state index is 8.54. The molecule has 2 aromatic heterocycles. The number of rotatable bonds is 4. The minimum absolute atomic E-state index is 0.209. The number of nitrogens with two attached hydrogens (primary N) is 1. The zero-order chi connectivity index (χ0) is 13.8. The molecule has 0 saturated carbocycles. The average Bonchev–Trinajstić information content (AvgIpc) is 2.43. The van der Waals surface area contributed by atoms with Gasteiger partial charge in [-0.3, -0.25) is 9.97 Å². The maximum Gasteiger partial charge on any atom is 0.140 e. The summed E-state index contributed by atoms with van der Waals surface area (Å²) in [5.74, 6) is 0.209. The Morgan fingerprint density at radius 3 is 3.05 bits per heavy atom. The number of anilines is 1. The molecular weight excluding hydrogens is 310 g/mol. The van der Waals surface area contributed by atoms with Crippen molar-refractivity contribution in [2.75, 3.05) is 18.5 Å². The van der Waals surface area contributed by atoms with Crippen molar-refractivity contribution in [1.29, 1.82) is 0 Å². The van der Waals surface area contributed by atoms with Gasteiger partial charge in [0.05, 0.1) is 11.2 Å². The summed E-state index contributed by atoms with van der Waals surface area (Å²) in [6, 6.07) is 3.82. The fraction of sp³-hybridized carbons (Fsp3) is 0.250. The molecule has 6 nitrogen and oxygen atoms in total. The Morgan fingerprint density at radius 2 is 2.32 bits per heavy atom. The summed E-state index contributed by atoms with van der Waals surface area (Å²) in [5, 5.41) is 11.5. The molecule has 2 heterocycles. The van der Waals surface area contributed by atoms with Crippen molar-refractivity contribution in [3.05, 3.63) is 29.0 Å². The zero-order valence-electron chi connectivity index (χ0n) is 10.4. The van der Waals surface area contributed by atoms with Crippen LogP contribution in [0.2, 0.25) is 0 Å². The summed E-state index contributed by atoms with van der Waals surface area (Å²) < 4.78 is 0.893. The molecule has 0 aliphatic rings. The van der Waals surface area contributed by atoms with E-state index in [9.17, 15) is 0 Å². The number of amidine groups is 1. The van der Waals surface area contributed by atoms with E-state index in [0.717, 1.165) is 21.2 Å². The van der Waals surface area contributed by atoms with Gasteiger partial charge in [0.1, 0.15) is 11.4 Å². The Morgan fingerprint density at radius 1 is 1.53 bits per heavy atom. The van der Waals surface area contributed by atoms with Gasteiger partial charge in [0.2, 0.25) is 0 Å². The van der Waals surface area contributed by atoms with E-state index in [2.05, 4.69) is 31.1 Å². The van der Waals surface area contributed by atoms with Crippen molar-refractivity contribution < 1.29 is 5.21 Å². The van der Waals surface area contributed by atoms with Crippen molar-refractivity contribution in [3.63, 3.8) is 0 Å². The summed E-state index contributed by atoms with van der Waals surface area (Å²) in [6.45, 7) is 0.632. The summed E-state index contributed by atoms with van der Waals surface area (Å²) in [6.07, 6.45) is 3.96. The molecule has 0 amide bonds. The van der Waals surface area contributed by atoms with Gasteiger partial charge < -0.3 is 15.8 Å². The fourth-order valence-corrected chi connectivity index (χ4v) is 2.07. The number of hydrogen-bond acceptors (Lipinski definition) is 5. The van der Waals surface area contributed by atoms with Gasteiger partial charge in [0.15, 0.2) is 0 Å². The highest BCUT2D eigenvalue weighted by Crippen LogP contribution is 2.24. The first kappa shape index (κ1) is 13.5. The Bertz CT molecular complexity index is 616. The lowest BCUT2D eigenvalue weighted by Crippen LogP contribution is -2.24. The number of oxime groups is 1. The van der Waals surface area contributed by atoms with Gasteiger partial charge in [-0.1, -0.05) is 5.16 Å². The van der Waals surface area contributed by atoms with Gasteiger partial charge >= 0.3 is 0 Å². The third-order valence-electron chi connectivity index (χ3n) is 2.77. The first-order valence-electron chi connectivity index (χ1n) is 5.69. The van der Waals surface area contributed by atoms with E-state index in [4.69, 9.17) is 10.9 Å². The second-order valence-corrected chi connectivity index (χ2v) is 5.03. The van der Waals surface area contributed by atoms with Crippen LogP contribution in [0.15, 0.2) is 34.2 Å². The monoisotopic (exact) mass is 323 g/mol. The first-order chi connectivity index (χ1) is 9.11. The van der Waals surface area contributed by atoms with Gasteiger partial charge in [-0.05, 0) is 28.1 Å². The zero-order valence-corrected chi connectivity index (χ0v) is 12.0. The SMILES string of the molecule is CN(CC/C(N)=N/O)c1ccnc2cc(Br)cnc12. The molecule has 0 radical (unpaired) electrons. The van der Waals surface area contributed by atoms with Gasteiger partial charge in [0, 0.05) is 36.9 Å². The molecule has 0 bridgehead atoms. The lowest BCUT2D eigenvalue weighted by Gasteiger charge is -2.19. The van der Waals surface area contributed by atoms with Crippen LogP contribution >= 0.6 is 15.9 Å². The highest BCUT2D eigenvalue weighted by Gasteiger charge is 2.09. The van der Waals surface area contributed by atoms with E-state index in [1.54, 1.807) is 12.4 Å². The number of halogens is 1. The fourth-order valence-electron chi connectivity index (χ4n) is 1.75. The van der Waals surface area contributed by atoms with Gasteiger partial charge in [0.25, 0.3) is 0 Å². The lowest BCUT2D eigenvalue weighted by molar-refractivity contribution is 0.317. The maximum absolute atomic E-state index is 8.54. The summed E-state index contributed by atoms with van der Waals surface area (Å²) in [5.41, 5.74) is 8.08. The van der Waals surface area contributed by atoms with Gasteiger partial charge in [-0.25, -0.2) is 0 Å². The summed E-state index contributed by atoms with van der Waals surface area (Å²) in [4.78, 5) is 10.7. The van der Waals surface area contributed by atoms with Crippen LogP contribution in [0.5, 0.6) is 0 Å². The van der Waals surface area contributed by atoms with E-state index >= 15 is 0 Å². The molecule has 0 saturated heterocycles. The van der Waals surface area contributed by atoms with Crippen molar-refractivity contribution in [2.24, 2.45) is 10.9 Å². The molecule has 0 fully saturated rings. The quantitative estimate of drug-likeness (QED) is 0.388. The summed E-state index contributed by atoms with van der Waals surface area (Å²) >= 11 is 3.38. The van der Waals surface area contributed by atoms with Crippen LogP contribution in [-0.2, 0) is 0 Å². The highest BCUT2D eigenvalue weighted by atomic mass is 79.9. The Hall–Kier alpha value is -1.89. The molecule has 3 N–H and O–H groups in total. The minimum Gasteiger partial charge on any atom is -0.409 e. The molecular formula is C12H14BrN5O. The topological polar surface area (TPSA) is 87.6 Å². The molecule has 0 atom stereocenters. The molecule has 0 aliphatic heterocycles. The van der Waals surface area contributed by atoms with Crippen molar-refractivity contribution >= 4 is 38.5 Å². The van der Waals surface area contributed by atoms with E-state index in [1.807, 2.05) is 24.1 Å². The van der Waals surface area contributed by atoms with Crippen LogP contribution in [-0.4, -0.2) is 34.6 Å².